The van der Waals surface area contributed by atoms with Crippen LogP contribution in [0, 0.1) is 0 Å². The Kier molecular flexibility index (Phi) is 2.88. The van der Waals surface area contributed by atoms with Crippen LogP contribution in [0.3, 0.4) is 0 Å². The zero-order valence-electron chi connectivity index (χ0n) is 8.69. The topological polar surface area (TPSA) is 25.2 Å². The van der Waals surface area contributed by atoms with Crippen molar-refractivity contribution in [1.82, 2.24) is 4.57 Å². The third-order valence-corrected chi connectivity index (χ3v) is 2.62. The molecule has 1 heterocycles. The van der Waals surface area contributed by atoms with Gasteiger partial charge in [0.25, 0.3) is 0 Å². The first kappa shape index (κ1) is 9.99. The van der Waals surface area contributed by atoms with Crippen molar-refractivity contribution in [2.45, 2.75) is 19.6 Å². The fourth-order valence-electron chi connectivity index (χ4n) is 1.89. The van der Waals surface area contributed by atoms with Crippen LogP contribution in [-0.2, 0) is 13.2 Å². The maximum Gasteiger partial charge on any atom is 0.0702 e. The highest BCUT2D eigenvalue weighted by atomic mass is 16.3. The second-order valence-electron chi connectivity index (χ2n) is 3.60. The molecule has 0 bridgehead atoms. The lowest BCUT2D eigenvalue weighted by molar-refractivity contribution is 0.283. The SMILES string of the molecule is C=CCCn1ccc2cccc(CO)c21. The van der Waals surface area contributed by atoms with E-state index in [0.717, 1.165) is 24.0 Å². The van der Waals surface area contributed by atoms with Gasteiger partial charge in [-0.15, -0.1) is 6.58 Å². The molecule has 2 rings (SSSR count). The van der Waals surface area contributed by atoms with Gasteiger partial charge in [-0.1, -0.05) is 24.3 Å². The Hall–Kier alpha value is -1.54. The van der Waals surface area contributed by atoms with Gasteiger partial charge in [-0.25, -0.2) is 0 Å². The number of hydrogen-bond donors (Lipinski definition) is 1. The lowest BCUT2D eigenvalue weighted by atomic mass is 10.1. The summed E-state index contributed by atoms with van der Waals surface area (Å²) < 4.78 is 2.17. The predicted molar refractivity (Wildman–Crippen MR) is 62.7 cm³/mol. The van der Waals surface area contributed by atoms with Crippen molar-refractivity contribution < 1.29 is 5.11 Å². The Balaban J connectivity index is 2.50. The Morgan fingerprint density at radius 3 is 2.93 bits per heavy atom. The van der Waals surface area contributed by atoms with Crippen LogP contribution in [0.15, 0.2) is 43.1 Å². The van der Waals surface area contributed by atoms with Crippen molar-refractivity contribution in [2.24, 2.45) is 0 Å². The van der Waals surface area contributed by atoms with Crippen LogP contribution < -0.4 is 0 Å². The summed E-state index contributed by atoms with van der Waals surface area (Å²) in [5, 5.41) is 10.5. The average Bonchev–Trinajstić information content (AvgIpc) is 2.69. The summed E-state index contributed by atoms with van der Waals surface area (Å²) in [6, 6.07) is 8.09. The maximum atomic E-state index is 9.27. The molecule has 2 aromatic rings. The van der Waals surface area contributed by atoms with Crippen LogP contribution in [0.1, 0.15) is 12.0 Å². The molecule has 0 radical (unpaired) electrons. The van der Waals surface area contributed by atoms with Crippen molar-refractivity contribution in [1.29, 1.82) is 0 Å². The number of para-hydroxylation sites is 1. The van der Waals surface area contributed by atoms with E-state index in [4.69, 9.17) is 0 Å². The molecule has 0 unspecified atom stereocenters. The van der Waals surface area contributed by atoms with Crippen molar-refractivity contribution in [3.63, 3.8) is 0 Å². The van der Waals surface area contributed by atoms with Gasteiger partial charge in [-0.2, -0.15) is 0 Å². The molecule has 0 aliphatic heterocycles. The number of allylic oxidation sites excluding steroid dienone is 1. The molecule has 15 heavy (non-hydrogen) atoms. The fraction of sp³-hybridized carbons (Fsp3) is 0.231. The number of rotatable bonds is 4. The summed E-state index contributed by atoms with van der Waals surface area (Å²) in [5.41, 5.74) is 2.13. The van der Waals surface area contributed by atoms with Gasteiger partial charge in [-0.3, -0.25) is 0 Å². The molecule has 0 aliphatic rings. The van der Waals surface area contributed by atoms with Gasteiger partial charge in [0.05, 0.1) is 12.1 Å². The average molecular weight is 201 g/mol. The number of nitrogens with zero attached hydrogens (tertiary/aromatic N) is 1. The lowest BCUT2D eigenvalue weighted by Gasteiger charge is -2.06. The first-order valence-corrected chi connectivity index (χ1v) is 5.15. The third kappa shape index (κ3) is 1.81. The second kappa shape index (κ2) is 4.32. The number of benzene rings is 1. The summed E-state index contributed by atoms with van der Waals surface area (Å²) in [5.74, 6) is 0. The minimum absolute atomic E-state index is 0.0927. The van der Waals surface area contributed by atoms with Crippen molar-refractivity contribution in [2.75, 3.05) is 0 Å². The van der Waals surface area contributed by atoms with Gasteiger partial charge in [0.1, 0.15) is 0 Å². The van der Waals surface area contributed by atoms with E-state index in [0.29, 0.717) is 0 Å². The monoisotopic (exact) mass is 201 g/mol. The molecule has 1 aromatic carbocycles. The Bertz CT molecular complexity index is 470. The highest BCUT2D eigenvalue weighted by Gasteiger charge is 2.04. The molecule has 0 atom stereocenters. The third-order valence-electron chi connectivity index (χ3n) is 2.62. The van der Waals surface area contributed by atoms with Crippen molar-refractivity contribution in [3.8, 4) is 0 Å². The molecule has 2 heteroatoms. The summed E-state index contributed by atoms with van der Waals surface area (Å²) in [6.45, 7) is 4.73. The first-order chi connectivity index (χ1) is 7.36. The molecule has 1 aromatic heterocycles. The van der Waals surface area contributed by atoms with Gasteiger partial charge >= 0.3 is 0 Å². The van der Waals surface area contributed by atoms with E-state index in [1.807, 2.05) is 18.2 Å². The van der Waals surface area contributed by atoms with Crippen LogP contribution in [0.4, 0.5) is 0 Å². The van der Waals surface area contributed by atoms with E-state index >= 15 is 0 Å². The summed E-state index contributed by atoms with van der Waals surface area (Å²) >= 11 is 0. The van der Waals surface area contributed by atoms with E-state index in [-0.39, 0.29) is 6.61 Å². The van der Waals surface area contributed by atoms with Crippen molar-refractivity contribution >= 4 is 10.9 Å². The number of aromatic nitrogens is 1. The van der Waals surface area contributed by atoms with E-state index in [9.17, 15) is 5.11 Å². The number of aryl methyl sites for hydroxylation is 1. The van der Waals surface area contributed by atoms with Crippen molar-refractivity contribution in [3.05, 3.63) is 48.7 Å². The zero-order valence-corrected chi connectivity index (χ0v) is 8.69. The zero-order chi connectivity index (χ0) is 10.7. The van der Waals surface area contributed by atoms with E-state index in [1.165, 1.54) is 5.39 Å². The predicted octanol–water partition coefficient (Wildman–Crippen LogP) is 2.71. The van der Waals surface area contributed by atoms with Gasteiger partial charge in [-0.05, 0) is 17.9 Å². The molecular formula is C13H15NO. The molecule has 0 amide bonds. The number of aliphatic hydroxyl groups excluding tert-OH is 1. The molecule has 0 saturated carbocycles. The normalized spacial score (nSPS) is 10.7. The molecule has 0 fully saturated rings. The lowest BCUT2D eigenvalue weighted by Crippen LogP contribution is -1.97. The molecule has 0 saturated heterocycles. The van der Waals surface area contributed by atoms with Crippen LogP contribution in [0.5, 0.6) is 0 Å². The van der Waals surface area contributed by atoms with E-state index in [1.54, 1.807) is 0 Å². The molecule has 2 nitrogen and oxygen atoms in total. The van der Waals surface area contributed by atoms with Crippen LogP contribution in [-0.4, -0.2) is 9.67 Å². The highest BCUT2D eigenvalue weighted by Crippen LogP contribution is 2.20. The summed E-state index contributed by atoms with van der Waals surface area (Å²) in [6.07, 6.45) is 4.92. The highest BCUT2D eigenvalue weighted by molar-refractivity contribution is 5.83. The smallest absolute Gasteiger partial charge is 0.0702 e. The van der Waals surface area contributed by atoms with Crippen LogP contribution >= 0.6 is 0 Å². The fourth-order valence-corrected chi connectivity index (χ4v) is 1.89. The molecule has 1 N–H and O–H groups in total. The molecule has 78 valence electrons. The summed E-state index contributed by atoms with van der Waals surface area (Å²) in [4.78, 5) is 0. The Morgan fingerprint density at radius 1 is 1.33 bits per heavy atom. The minimum atomic E-state index is 0.0927. The standard InChI is InChI=1S/C13H15NO/c1-2-3-8-14-9-7-11-5-4-6-12(10-15)13(11)14/h2,4-7,9,15H,1,3,8,10H2. The second-order valence-corrected chi connectivity index (χ2v) is 3.60. The Labute approximate surface area is 89.5 Å². The first-order valence-electron chi connectivity index (χ1n) is 5.15. The van der Waals surface area contributed by atoms with E-state index in [2.05, 4.69) is 29.5 Å². The van der Waals surface area contributed by atoms with E-state index < -0.39 is 0 Å². The molecule has 0 aliphatic carbocycles. The molecule has 0 spiro atoms. The van der Waals surface area contributed by atoms with Gasteiger partial charge < -0.3 is 9.67 Å². The Morgan fingerprint density at radius 2 is 2.20 bits per heavy atom. The quantitative estimate of drug-likeness (QED) is 0.756. The van der Waals surface area contributed by atoms with Crippen LogP contribution in [0.2, 0.25) is 0 Å². The largest absolute Gasteiger partial charge is 0.392 e. The van der Waals surface area contributed by atoms with Gasteiger partial charge in [0.2, 0.25) is 0 Å². The maximum absolute atomic E-state index is 9.27. The van der Waals surface area contributed by atoms with Crippen LogP contribution in [0.25, 0.3) is 10.9 Å². The minimum Gasteiger partial charge on any atom is -0.392 e. The number of fused-ring (bicyclic) bond motifs is 1. The molecular weight excluding hydrogens is 186 g/mol. The number of aliphatic hydroxyl groups is 1. The van der Waals surface area contributed by atoms with Gasteiger partial charge in [0.15, 0.2) is 0 Å². The van der Waals surface area contributed by atoms with Gasteiger partial charge in [0, 0.05) is 18.3 Å². The summed E-state index contributed by atoms with van der Waals surface area (Å²) in [7, 11) is 0. The number of hydrogen-bond acceptors (Lipinski definition) is 1.